The van der Waals surface area contributed by atoms with Gasteiger partial charge in [0.1, 0.15) is 6.07 Å². The minimum atomic E-state index is -2.93. The van der Waals surface area contributed by atoms with Crippen molar-refractivity contribution in [3.63, 3.8) is 0 Å². The summed E-state index contributed by atoms with van der Waals surface area (Å²) in [6.07, 6.45) is 5.72. The number of rotatable bonds is 4. The van der Waals surface area contributed by atoms with E-state index in [0.717, 1.165) is 0 Å². The molecule has 4 heterocycles. The molecule has 222 valence electrons. The Kier molecular flexibility index (Phi) is 7.75. The number of anilines is 1. The van der Waals surface area contributed by atoms with Gasteiger partial charge in [0, 0.05) is 28.1 Å². The van der Waals surface area contributed by atoms with Gasteiger partial charge in [-0.2, -0.15) is 19.1 Å². The SMILES string of the molecule is C[C@@H]1CCC[C@H](n2cnc(-c3cc(Cl)ccc3-n3cc(C#N)nn3)cc2=O)c2cccc(c2)-c2c(cnn2C(F)F)NC1=O. The smallest absolute Gasteiger partial charge is 0.323 e. The van der Waals surface area contributed by atoms with Crippen LogP contribution in [-0.4, -0.2) is 40.2 Å². The highest BCUT2D eigenvalue weighted by atomic mass is 35.5. The fraction of sp³-hybridized carbons (Fsp3) is 0.233. The van der Waals surface area contributed by atoms with Crippen LogP contribution in [0, 0.1) is 17.2 Å². The van der Waals surface area contributed by atoms with Crippen LogP contribution >= 0.6 is 11.6 Å². The third-order valence-corrected chi connectivity index (χ3v) is 7.84. The van der Waals surface area contributed by atoms with E-state index >= 15 is 0 Å². The van der Waals surface area contributed by atoms with Crippen LogP contribution in [0.25, 0.3) is 28.2 Å². The molecule has 0 saturated carbocycles. The Bertz CT molecular complexity index is 1980. The van der Waals surface area contributed by atoms with Gasteiger partial charge >= 0.3 is 6.55 Å². The van der Waals surface area contributed by atoms with Gasteiger partial charge in [-0.25, -0.2) is 14.3 Å². The zero-order valence-corrected chi connectivity index (χ0v) is 24.0. The maximum atomic E-state index is 13.9. The van der Waals surface area contributed by atoms with E-state index in [1.54, 1.807) is 43.3 Å². The Morgan fingerprint density at radius 3 is 2.73 bits per heavy atom. The summed E-state index contributed by atoms with van der Waals surface area (Å²) in [7, 11) is 0. The molecule has 0 radical (unpaired) electrons. The highest BCUT2D eigenvalue weighted by molar-refractivity contribution is 6.31. The van der Waals surface area contributed by atoms with Crippen molar-refractivity contribution in [3.8, 4) is 34.3 Å². The number of alkyl halides is 2. The van der Waals surface area contributed by atoms with Crippen LogP contribution in [0.1, 0.15) is 50.0 Å². The standard InChI is InChI=1S/C30H24ClF2N9O2/c1-17-4-2-7-25(18-5-3-6-19(10-18)28-24(37-29(17)44)14-36-42(28)30(32)33)40-16-35-23(12-27(40)43)22-11-20(31)8-9-26(22)41-15-21(13-34)38-39-41/h3,5-6,8-12,14-17,25,30H,2,4,7H2,1H3,(H,37,44)/t17-,25+/m1/s1. The summed E-state index contributed by atoms with van der Waals surface area (Å²) in [5.74, 6) is -0.712. The monoisotopic (exact) mass is 615 g/mol. The Labute approximate surface area is 254 Å². The summed E-state index contributed by atoms with van der Waals surface area (Å²) in [4.78, 5) is 31.2. The average molecular weight is 616 g/mol. The normalized spacial score (nSPS) is 16.9. The highest BCUT2D eigenvalue weighted by Crippen LogP contribution is 2.36. The number of nitrogens with zero attached hydrogens (tertiary/aromatic N) is 8. The number of carbonyl (C=O) groups excluding carboxylic acids is 1. The van der Waals surface area contributed by atoms with Gasteiger partial charge in [0.05, 0.1) is 47.5 Å². The van der Waals surface area contributed by atoms with Crippen LogP contribution in [-0.2, 0) is 4.79 Å². The zero-order valence-electron chi connectivity index (χ0n) is 23.2. The molecule has 1 amide bonds. The van der Waals surface area contributed by atoms with Gasteiger partial charge in [0.2, 0.25) is 5.91 Å². The molecule has 2 atom stereocenters. The van der Waals surface area contributed by atoms with Crippen molar-refractivity contribution in [1.29, 1.82) is 5.26 Å². The lowest BCUT2D eigenvalue weighted by Crippen LogP contribution is -2.26. The van der Waals surface area contributed by atoms with E-state index < -0.39 is 18.5 Å². The molecule has 44 heavy (non-hydrogen) atoms. The second-order valence-corrected chi connectivity index (χ2v) is 10.9. The number of carbonyl (C=O) groups is 1. The Balaban J connectivity index is 1.44. The predicted octanol–water partition coefficient (Wildman–Crippen LogP) is 5.62. The van der Waals surface area contributed by atoms with E-state index in [4.69, 9.17) is 11.6 Å². The van der Waals surface area contributed by atoms with Gasteiger partial charge in [-0.1, -0.05) is 48.4 Å². The van der Waals surface area contributed by atoms with E-state index in [9.17, 15) is 23.6 Å². The fourth-order valence-corrected chi connectivity index (χ4v) is 5.56. The summed E-state index contributed by atoms with van der Waals surface area (Å²) in [5, 5.41) is 24.0. The lowest BCUT2D eigenvalue weighted by Gasteiger charge is -2.23. The van der Waals surface area contributed by atoms with E-state index in [0.29, 0.717) is 57.0 Å². The molecule has 0 spiro atoms. The van der Waals surface area contributed by atoms with Gasteiger partial charge in [-0.15, -0.1) is 5.10 Å². The molecule has 1 aliphatic heterocycles. The zero-order chi connectivity index (χ0) is 31.0. The summed E-state index contributed by atoms with van der Waals surface area (Å²) in [6, 6.07) is 14.7. The van der Waals surface area contributed by atoms with Crippen LogP contribution in [0.3, 0.4) is 0 Å². The van der Waals surface area contributed by atoms with Crippen LogP contribution in [0.4, 0.5) is 14.5 Å². The van der Waals surface area contributed by atoms with E-state index in [1.165, 1.54) is 34.0 Å². The Morgan fingerprint density at radius 2 is 1.98 bits per heavy atom. The number of fused-ring (bicyclic) bond motifs is 4. The number of amides is 1. The molecule has 11 nitrogen and oxygen atoms in total. The summed E-state index contributed by atoms with van der Waals surface area (Å²) < 4.78 is 31.4. The lowest BCUT2D eigenvalue weighted by molar-refractivity contribution is -0.119. The highest BCUT2D eigenvalue weighted by Gasteiger charge is 2.25. The van der Waals surface area contributed by atoms with Gasteiger partial charge < -0.3 is 5.32 Å². The van der Waals surface area contributed by atoms with E-state index in [2.05, 4.69) is 25.7 Å². The van der Waals surface area contributed by atoms with Gasteiger partial charge in [-0.3, -0.25) is 14.2 Å². The molecule has 0 fully saturated rings. The van der Waals surface area contributed by atoms with Crippen molar-refractivity contribution in [1.82, 2.24) is 34.3 Å². The molecular formula is C30H24ClF2N9O2. The third-order valence-electron chi connectivity index (χ3n) is 7.61. The van der Waals surface area contributed by atoms with Crippen molar-refractivity contribution in [2.75, 3.05) is 5.32 Å². The van der Waals surface area contributed by atoms with Crippen LogP contribution in [0.2, 0.25) is 5.02 Å². The molecule has 2 aromatic carbocycles. The van der Waals surface area contributed by atoms with Crippen molar-refractivity contribution in [2.45, 2.75) is 38.8 Å². The third kappa shape index (κ3) is 5.47. The molecule has 0 aliphatic carbocycles. The first-order chi connectivity index (χ1) is 21.2. The first-order valence-corrected chi connectivity index (χ1v) is 14.1. The van der Waals surface area contributed by atoms with Crippen molar-refractivity contribution in [2.24, 2.45) is 5.92 Å². The number of halogens is 3. The fourth-order valence-electron chi connectivity index (χ4n) is 5.39. The molecule has 5 aromatic rings. The first kappa shape index (κ1) is 28.9. The lowest BCUT2D eigenvalue weighted by atomic mass is 9.94. The predicted molar refractivity (Wildman–Crippen MR) is 157 cm³/mol. The van der Waals surface area contributed by atoms with Gasteiger partial charge in [-0.05, 0) is 42.7 Å². The molecular weight excluding hydrogens is 592 g/mol. The Morgan fingerprint density at radius 1 is 1.14 bits per heavy atom. The van der Waals surface area contributed by atoms with Crippen molar-refractivity contribution in [3.05, 3.63) is 93.9 Å². The first-order valence-electron chi connectivity index (χ1n) is 13.7. The topological polar surface area (TPSA) is 136 Å². The second-order valence-electron chi connectivity index (χ2n) is 10.4. The molecule has 0 unspecified atom stereocenters. The minimum Gasteiger partial charge on any atom is -0.323 e. The second kappa shape index (κ2) is 11.8. The van der Waals surface area contributed by atoms with E-state index in [1.807, 2.05) is 12.1 Å². The molecule has 1 N–H and O–H groups in total. The van der Waals surface area contributed by atoms with Crippen molar-refractivity contribution < 1.29 is 13.6 Å². The minimum absolute atomic E-state index is 0.0729. The quantitative estimate of drug-likeness (QED) is 0.277. The molecule has 0 saturated heterocycles. The van der Waals surface area contributed by atoms with E-state index in [-0.39, 0.29) is 28.5 Å². The van der Waals surface area contributed by atoms with Gasteiger partial charge in [0.25, 0.3) is 5.56 Å². The van der Waals surface area contributed by atoms with Crippen LogP contribution in [0.5, 0.6) is 0 Å². The number of benzene rings is 2. The maximum absolute atomic E-state index is 13.9. The number of nitrogens with one attached hydrogen (secondary N) is 1. The largest absolute Gasteiger partial charge is 0.333 e. The molecule has 1 aliphatic rings. The molecule has 3 aromatic heterocycles. The van der Waals surface area contributed by atoms with Crippen LogP contribution in [0.15, 0.2) is 72.0 Å². The number of hydrogen-bond donors (Lipinski definition) is 1. The van der Waals surface area contributed by atoms with Crippen molar-refractivity contribution >= 4 is 23.2 Å². The summed E-state index contributed by atoms with van der Waals surface area (Å²) >= 11 is 6.29. The summed E-state index contributed by atoms with van der Waals surface area (Å²) in [6.45, 7) is -1.16. The molecule has 6 rings (SSSR count). The van der Waals surface area contributed by atoms with Crippen LogP contribution < -0.4 is 10.9 Å². The van der Waals surface area contributed by atoms with Gasteiger partial charge in [0.15, 0.2) is 5.69 Å². The summed E-state index contributed by atoms with van der Waals surface area (Å²) in [5.41, 5.74) is 2.50. The molecule has 2 bridgehead atoms. The number of nitriles is 1. The maximum Gasteiger partial charge on any atom is 0.333 e. The number of aromatic nitrogens is 7. The average Bonchev–Trinajstić information content (AvgIpc) is 3.67. The molecule has 14 heteroatoms. The number of hydrogen-bond acceptors (Lipinski definition) is 7. The Hall–Kier alpha value is -5.22.